The monoisotopic (exact) mass is 415 g/mol. The number of pyridine rings is 1. The summed E-state index contributed by atoms with van der Waals surface area (Å²) < 4.78 is 17.2. The van der Waals surface area contributed by atoms with Gasteiger partial charge in [-0.1, -0.05) is 18.2 Å². The number of Topliss-reactive ketones (excluding diaryl/α,β-unsaturated/α-hetero) is 1. The third-order valence-corrected chi connectivity index (χ3v) is 5.21. The van der Waals surface area contributed by atoms with E-state index in [1.54, 1.807) is 21.0 Å². The zero-order valence-electron chi connectivity index (χ0n) is 18.1. The van der Waals surface area contributed by atoms with E-state index in [0.717, 1.165) is 28.1 Å². The van der Waals surface area contributed by atoms with Crippen LogP contribution in [0.4, 0.5) is 0 Å². The first-order valence-corrected chi connectivity index (χ1v) is 10.1. The number of ether oxygens (including phenoxy) is 3. The molecule has 0 saturated carbocycles. The summed E-state index contributed by atoms with van der Waals surface area (Å²) >= 11 is 0. The first kappa shape index (κ1) is 20.7. The van der Waals surface area contributed by atoms with Crippen LogP contribution in [0, 0.1) is 6.92 Å². The third kappa shape index (κ3) is 4.31. The molecule has 5 heteroatoms. The second kappa shape index (κ2) is 8.26. The first-order valence-electron chi connectivity index (χ1n) is 10.1. The number of benzene rings is 2. The molecule has 0 saturated heterocycles. The molecular formula is C26H25NO4. The maximum atomic E-state index is 13.1. The molecule has 3 aromatic rings. The molecule has 31 heavy (non-hydrogen) atoms. The molecule has 0 aliphatic carbocycles. The van der Waals surface area contributed by atoms with Gasteiger partial charge in [0.05, 0.1) is 18.4 Å². The molecule has 5 nitrogen and oxygen atoms in total. The molecule has 0 fully saturated rings. The molecule has 4 rings (SSSR count). The van der Waals surface area contributed by atoms with E-state index in [0.29, 0.717) is 23.7 Å². The molecule has 2 aromatic carbocycles. The summed E-state index contributed by atoms with van der Waals surface area (Å²) in [6, 6.07) is 19.0. The standard InChI is InChI=1S/C26H25NO4/c1-17-5-10-20(27-15-17)16-30-22-13-6-18(7-14-22)23-24(31-26(2,3)25(23)28)19-8-11-21(29-4)12-9-19/h5-15H,16H2,1-4H3. The van der Waals surface area contributed by atoms with Gasteiger partial charge in [-0.2, -0.15) is 0 Å². The van der Waals surface area contributed by atoms with Gasteiger partial charge in [-0.3, -0.25) is 9.78 Å². The number of carbonyl (C=O) groups is 1. The van der Waals surface area contributed by atoms with Crippen molar-refractivity contribution < 1.29 is 19.0 Å². The molecule has 0 radical (unpaired) electrons. The molecule has 1 aliphatic rings. The SMILES string of the molecule is COc1ccc(C2=C(c3ccc(OCc4ccc(C)cn4)cc3)C(=O)C(C)(C)O2)cc1. The second-order valence-electron chi connectivity index (χ2n) is 8.01. The summed E-state index contributed by atoms with van der Waals surface area (Å²) in [5.41, 5.74) is 3.25. The van der Waals surface area contributed by atoms with E-state index in [1.807, 2.05) is 73.8 Å². The largest absolute Gasteiger partial charge is 0.497 e. The quantitative estimate of drug-likeness (QED) is 0.552. The van der Waals surface area contributed by atoms with Crippen molar-refractivity contribution >= 4 is 17.1 Å². The number of carbonyl (C=O) groups excluding carboxylic acids is 1. The van der Waals surface area contributed by atoms with Crippen LogP contribution < -0.4 is 9.47 Å². The lowest BCUT2D eigenvalue weighted by Gasteiger charge is -2.17. The van der Waals surface area contributed by atoms with Gasteiger partial charge < -0.3 is 14.2 Å². The fraction of sp³-hybridized carbons (Fsp3) is 0.231. The maximum absolute atomic E-state index is 13.1. The number of aryl methyl sites for hydroxylation is 1. The van der Waals surface area contributed by atoms with E-state index < -0.39 is 5.60 Å². The smallest absolute Gasteiger partial charge is 0.210 e. The molecule has 0 spiro atoms. The Morgan fingerprint density at radius 1 is 0.903 bits per heavy atom. The summed E-state index contributed by atoms with van der Waals surface area (Å²) in [7, 11) is 1.62. The highest BCUT2D eigenvalue weighted by atomic mass is 16.5. The van der Waals surface area contributed by atoms with Gasteiger partial charge >= 0.3 is 0 Å². The molecule has 158 valence electrons. The van der Waals surface area contributed by atoms with E-state index in [-0.39, 0.29) is 5.78 Å². The molecule has 0 unspecified atom stereocenters. The molecule has 0 bridgehead atoms. The Morgan fingerprint density at radius 3 is 2.16 bits per heavy atom. The van der Waals surface area contributed by atoms with E-state index >= 15 is 0 Å². The first-order chi connectivity index (χ1) is 14.9. The van der Waals surface area contributed by atoms with Crippen LogP contribution >= 0.6 is 0 Å². The normalized spacial score (nSPS) is 15.0. The van der Waals surface area contributed by atoms with Crippen LogP contribution in [-0.4, -0.2) is 23.5 Å². The number of hydrogen-bond acceptors (Lipinski definition) is 5. The highest BCUT2D eigenvalue weighted by Gasteiger charge is 2.42. The third-order valence-electron chi connectivity index (χ3n) is 5.21. The van der Waals surface area contributed by atoms with E-state index in [2.05, 4.69) is 4.98 Å². The Morgan fingerprint density at radius 2 is 1.55 bits per heavy atom. The topological polar surface area (TPSA) is 57.7 Å². The van der Waals surface area contributed by atoms with Crippen LogP contribution in [0.15, 0.2) is 66.9 Å². The van der Waals surface area contributed by atoms with Gasteiger partial charge in [0, 0.05) is 11.8 Å². The van der Waals surface area contributed by atoms with Crippen molar-refractivity contribution in [2.45, 2.75) is 33.0 Å². The Hall–Kier alpha value is -3.60. The molecule has 0 amide bonds. The van der Waals surface area contributed by atoms with Gasteiger partial charge in [0.2, 0.25) is 5.78 Å². The van der Waals surface area contributed by atoms with Crippen molar-refractivity contribution in [3.05, 3.63) is 89.2 Å². The summed E-state index contributed by atoms with van der Waals surface area (Å²) in [5, 5.41) is 0. The van der Waals surface area contributed by atoms with Crippen LogP contribution in [0.5, 0.6) is 11.5 Å². The van der Waals surface area contributed by atoms with Crippen molar-refractivity contribution in [3.63, 3.8) is 0 Å². The second-order valence-corrected chi connectivity index (χ2v) is 8.01. The number of nitrogens with zero attached hydrogens (tertiary/aromatic N) is 1. The summed E-state index contributed by atoms with van der Waals surface area (Å²) in [5.74, 6) is 1.99. The van der Waals surface area contributed by atoms with Gasteiger partial charge in [0.15, 0.2) is 5.60 Å². The minimum absolute atomic E-state index is 0.0455. The molecule has 2 heterocycles. The summed E-state index contributed by atoms with van der Waals surface area (Å²) in [6.07, 6.45) is 1.82. The average Bonchev–Trinajstić information content (AvgIpc) is 3.03. The van der Waals surface area contributed by atoms with E-state index in [4.69, 9.17) is 14.2 Å². The van der Waals surface area contributed by atoms with Crippen LogP contribution in [0.2, 0.25) is 0 Å². The summed E-state index contributed by atoms with van der Waals surface area (Å²) in [4.78, 5) is 17.5. The lowest BCUT2D eigenvalue weighted by atomic mass is 9.92. The maximum Gasteiger partial charge on any atom is 0.210 e. The van der Waals surface area contributed by atoms with Crippen molar-refractivity contribution in [1.29, 1.82) is 0 Å². The molecule has 0 N–H and O–H groups in total. The predicted octanol–water partition coefficient (Wildman–Crippen LogP) is 5.22. The average molecular weight is 415 g/mol. The van der Waals surface area contributed by atoms with Crippen molar-refractivity contribution in [2.75, 3.05) is 7.11 Å². The highest BCUT2D eigenvalue weighted by molar-refractivity contribution is 6.32. The van der Waals surface area contributed by atoms with E-state index in [9.17, 15) is 4.79 Å². The van der Waals surface area contributed by atoms with Crippen molar-refractivity contribution in [1.82, 2.24) is 4.98 Å². The van der Waals surface area contributed by atoms with E-state index in [1.165, 1.54) is 0 Å². The van der Waals surface area contributed by atoms with Crippen molar-refractivity contribution in [3.8, 4) is 11.5 Å². The van der Waals surface area contributed by atoms with Gasteiger partial charge in [-0.05, 0) is 74.4 Å². The Kier molecular flexibility index (Phi) is 5.51. The van der Waals surface area contributed by atoms with Crippen molar-refractivity contribution in [2.24, 2.45) is 0 Å². The minimum atomic E-state index is -0.920. The summed E-state index contributed by atoms with van der Waals surface area (Å²) in [6.45, 7) is 5.96. The van der Waals surface area contributed by atoms with Gasteiger partial charge in [0.1, 0.15) is 23.9 Å². The molecule has 1 aromatic heterocycles. The number of ketones is 1. The molecule has 1 aliphatic heterocycles. The number of methoxy groups -OCH3 is 1. The van der Waals surface area contributed by atoms with Crippen LogP contribution in [0.3, 0.4) is 0 Å². The fourth-order valence-electron chi connectivity index (χ4n) is 3.42. The fourth-order valence-corrected chi connectivity index (χ4v) is 3.42. The van der Waals surface area contributed by atoms with Gasteiger partial charge in [0.25, 0.3) is 0 Å². The molecule has 0 atom stereocenters. The Balaban J connectivity index is 1.60. The zero-order chi connectivity index (χ0) is 22.0. The lowest BCUT2D eigenvalue weighted by molar-refractivity contribution is -0.125. The van der Waals surface area contributed by atoms with Crippen LogP contribution in [-0.2, 0) is 16.1 Å². The van der Waals surface area contributed by atoms with Crippen LogP contribution in [0.1, 0.15) is 36.2 Å². The van der Waals surface area contributed by atoms with Gasteiger partial charge in [-0.15, -0.1) is 0 Å². The number of aromatic nitrogens is 1. The van der Waals surface area contributed by atoms with Crippen LogP contribution in [0.25, 0.3) is 11.3 Å². The highest BCUT2D eigenvalue weighted by Crippen LogP contribution is 2.41. The Labute approximate surface area is 182 Å². The predicted molar refractivity (Wildman–Crippen MR) is 120 cm³/mol. The molecular weight excluding hydrogens is 390 g/mol. The number of hydrogen-bond donors (Lipinski definition) is 0. The number of rotatable bonds is 6. The zero-order valence-corrected chi connectivity index (χ0v) is 18.1. The van der Waals surface area contributed by atoms with Gasteiger partial charge in [-0.25, -0.2) is 0 Å². The lowest BCUT2D eigenvalue weighted by Crippen LogP contribution is -2.29. The Bertz CT molecular complexity index is 1110. The minimum Gasteiger partial charge on any atom is -0.497 e.